The third-order valence-electron chi connectivity index (χ3n) is 4.52. The predicted molar refractivity (Wildman–Crippen MR) is 111 cm³/mol. The molecule has 0 aliphatic carbocycles. The number of phenolic OH excluding ortho intramolecular Hbond substituents is 1. The van der Waals surface area contributed by atoms with E-state index in [0.717, 1.165) is 16.3 Å². The van der Waals surface area contributed by atoms with Crippen molar-refractivity contribution in [3.05, 3.63) is 91.9 Å². The molecule has 0 saturated heterocycles. The van der Waals surface area contributed by atoms with E-state index < -0.39 is 0 Å². The topological polar surface area (TPSA) is 68.9 Å². The Hall–Kier alpha value is -2.89. The minimum Gasteiger partial charge on any atom is -0.508 e. The number of aromatic amines is 2. The first-order valence-corrected chi connectivity index (χ1v) is 9.12. The highest BCUT2D eigenvalue weighted by Gasteiger charge is 2.16. The van der Waals surface area contributed by atoms with Crippen LogP contribution in [0.15, 0.2) is 65.5 Å². The number of H-pyrrole nitrogens is 2. The second-order valence-corrected chi connectivity index (χ2v) is 7.08. The number of nitrogens with one attached hydrogen (secondary N) is 2. The van der Waals surface area contributed by atoms with Gasteiger partial charge in [0, 0.05) is 22.6 Å². The molecule has 3 N–H and O–H groups in total. The van der Waals surface area contributed by atoms with Crippen LogP contribution in [0.4, 0.5) is 0 Å². The van der Waals surface area contributed by atoms with Gasteiger partial charge in [0.1, 0.15) is 5.75 Å². The van der Waals surface area contributed by atoms with Crippen LogP contribution in [-0.2, 0) is 6.42 Å². The van der Waals surface area contributed by atoms with E-state index >= 15 is 0 Å². The molecule has 4 nitrogen and oxygen atoms in total. The second-order valence-electron chi connectivity index (χ2n) is 6.23. The monoisotopic (exact) mass is 394 g/mol. The van der Waals surface area contributed by atoms with Crippen LogP contribution in [0.2, 0.25) is 5.02 Å². The van der Waals surface area contributed by atoms with Gasteiger partial charge in [-0.25, -0.2) is 0 Å². The zero-order valence-electron chi connectivity index (χ0n) is 14.1. The van der Waals surface area contributed by atoms with Crippen molar-refractivity contribution in [1.82, 2.24) is 9.97 Å². The van der Waals surface area contributed by atoms with Crippen molar-refractivity contribution in [3.8, 4) is 17.0 Å². The standard InChI is InChI=1S/C21H15ClN2O2S/c22-14-6-3-5-13(10-14)19-17(20(26)24-21(27)23-19)11-16-15-7-2-1-4-12(15)8-9-18(16)25/h1-10,25H,11H2,(H2,23,24,26,27). The normalized spacial score (nSPS) is 11.0. The van der Waals surface area contributed by atoms with Gasteiger partial charge < -0.3 is 10.1 Å². The van der Waals surface area contributed by atoms with Gasteiger partial charge in [0.2, 0.25) is 0 Å². The minimum absolute atomic E-state index is 0.146. The molecule has 0 amide bonds. The number of fused-ring (bicyclic) bond motifs is 1. The Labute approximate surface area is 165 Å². The summed E-state index contributed by atoms with van der Waals surface area (Å²) in [6.45, 7) is 0. The fourth-order valence-electron chi connectivity index (χ4n) is 3.26. The van der Waals surface area contributed by atoms with Crippen LogP contribution in [0, 0.1) is 4.77 Å². The van der Waals surface area contributed by atoms with Gasteiger partial charge in [0.25, 0.3) is 5.56 Å². The van der Waals surface area contributed by atoms with Crippen molar-refractivity contribution in [2.45, 2.75) is 6.42 Å². The highest BCUT2D eigenvalue weighted by Crippen LogP contribution is 2.31. The van der Waals surface area contributed by atoms with Gasteiger partial charge in [-0.3, -0.25) is 9.78 Å². The summed E-state index contributed by atoms with van der Waals surface area (Å²) in [7, 11) is 0. The molecule has 4 rings (SSSR count). The first kappa shape index (κ1) is 17.5. The fraction of sp³-hybridized carbons (Fsp3) is 0.0476. The number of aromatic nitrogens is 2. The van der Waals surface area contributed by atoms with Gasteiger partial charge in [-0.05, 0) is 46.8 Å². The molecule has 0 aliphatic heterocycles. The number of phenols is 1. The van der Waals surface area contributed by atoms with E-state index in [1.165, 1.54) is 0 Å². The maximum atomic E-state index is 12.7. The molecule has 1 aromatic heterocycles. The molecule has 6 heteroatoms. The lowest BCUT2D eigenvalue weighted by Gasteiger charge is -2.13. The van der Waals surface area contributed by atoms with E-state index in [1.54, 1.807) is 18.2 Å². The summed E-state index contributed by atoms with van der Waals surface area (Å²) in [6, 6.07) is 18.5. The SMILES string of the molecule is O=c1[nH]c(=S)[nH]c(-c2cccc(Cl)c2)c1Cc1c(O)ccc2ccccc12. The van der Waals surface area contributed by atoms with Crippen molar-refractivity contribution in [2.75, 3.05) is 0 Å². The molecule has 0 unspecified atom stereocenters. The molecule has 0 atom stereocenters. The van der Waals surface area contributed by atoms with Gasteiger partial charge >= 0.3 is 0 Å². The molecule has 4 aromatic rings. The van der Waals surface area contributed by atoms with Crippen molar-refractivity contribution in [2.24, 2.45) is 0 Å². The Morgan fingerprint density at radius 2 is 1.78 bits per heavy atom. The lowest BCUT2D eigenvalue weighted by Crippen LogP contribution is -2.16. The van der Waals surface area contributed by atoms with E-state index in [-0.39, 0.29) is 22.5 Å². The summed E-state index contributed by atoms with van der Waals surface area (Å²) < 4.78 is 0.237. The highest BCUT2D eigenvalue weighted by atomic mass is 35.5. The van der Waals surface area contributed by atoms with Crippen molar-refractivity contribution in [3.63, 3.8) is 0 Å². The highest BCUT2D eigenvalue weighted by molar-refractivity contribution is 7.71. The molecule has 0 spiro atoms. The van der Waals surface area contributed by atoms with Gasteiger partial charge in [0.05, 0.1) is 5.69 Å². The molecule has 1 heterocycles. The van der Waals surface area contributed by atoms with E-state index in [9.17, 15) is 9.90 Å². The minimum atomic E-state index is -0.291. The van der Waals surface area contributed by atoms with Crippen molar-refractivity contribution < 1.29 is 5.11 Å². The van der Waals surface area contributed by atoms with Crippen LogP contribution in [0.25, 0.3) is 22.0 Å². The van der Waals surface area contributed by atoms with Crippen LogP contribution in [0.1, 0.15) is 11.1 Å². The summed E-state index contributed by atoms with van der Waals surface area (Å²) in [5.41, 5.74) is 2.24. The molecule has 27 heavy (non-hydrogen) atoms. The maximum Gasteiger partial charge on any atom is 0.255 e. The van der Waals surface area contributed by atoms with Crippen LogP contribution in [-0.4, -0.2) is 15.1 Å². The Balaban J connectivity index is 1.95. The maximum absolute atomic E-state index is 12.7. The Morgan fingerprint density at radius 3 is 2.59 bits per heavy atom. The average Bonchev–Trinajstić information content (AvgIpc) is 2.65. The van der Waals surface area contributed by atoms with Gasteiger partial charge in [-0.1, -0.05) is 54.1 Å². The Kier molecular flexibility index (Phi) is 4.56. The van der Waals surface area contributed by atoms with Gasteiger partial charge in [-0.2, -0.15) is 0 Å². The van der Waals surface area contributed by atoms with Crippen LogP contribution in [0.5, 0.6) is 5.75 Å². The largest absolute Gasteiger partial charge is 0.508 e. The van der Waals surface area contributed by atoms with E-state index in [4.69, 9.17) is 23.8 Å². The van der Waals surface area contributed by atoms with Gasteiger partial charge in [-0.15, -0.1) is 0 Å². The number of halogens is 1. The molecular weight excluding hydrogens is 380 g/mol. The summed E-state index contributed by atoms with van der Waals surface area (Å²) in [5.74, 6) is 0.146. The van der Waals surface area contributed by atoms with Crippen LogP contribution < -0.4 is 5.56 Å². The average molecular weight is 395 g/mol. The number of hydrogen-bond acceptors (Lipinski definition) is 3. The number of rotatable bonds is 3. The second kappa shape index (κ2) is 7.02. The van der Waals surface area contributed by atoms with Crippen LogP contribution in [0.3, 0.4) is 0 Å². The first-order chi connectivity index (χ1) is 13.0. The number of aromatic hydroxyl groups is 1. The van der Waals surface area contributed by atoms with E-state index in [0.29, 0.717) is 21.8 Å². The molecule has 3 aromatic carbocycles. The molecule has 0 saturated carbocycles. The third kappa shape index (κ3) is 3.39. The van der Waals surface area contributed by atoms with Gasteiger partial charge in [0.15, 0.2) is 4.77 Å². The quantitative estimate of drug-likeness (QED) is 0.418. The third-order valence-corrected chi connectivity index (χ3v) is 4.96. The zero-order valence-corrected chi connectivity index (χ0v) is 15.7. The smallest absolute Gasteiger partial charge is 0.255 e. The number of benzene rings is 3. The summed E-state index contributed by atoms with van der Waals surface area (Å²) in [4.78, 5) is 18.4. The van der Waals surface area contributed by atoms with Crippen molar-refractivity contribution in [1.29, 1.82) is 0 Å². The van der Waals surface area contributed by atoms with Crippen LogP contribution >= 0.6 is 23.8 Å². The molecule has 0 radical (unpaired) electrons. The summed E-state index contributed by atoms with van der Waals surface area (Å²) in [5, 5.41) is 12.9. The lowest BCUT2D eigenvalue weighted by atomic mass is 9.95. The molecular formula is C21H15ClN2O2S. The summed E-state index contributed by atoms with van der Waals surface area (Å²) >= 11 is 11.3. The molecule has 134 valence electrons. The zero-order chi connectivity index (χ0) is 19.0. The predicted octanol–water partition coefficient (Wildman–Crippen LogP) is 5.20. The lowest BCUT2D eigenvalue weighted by molar-refractivity contribution is 0.470. The molecule has 0 fully saturated rings. The Morgan fingerprint density at radius 1 is 0.963 bits per heavy atom. The molecule has 0 aliphatic rings. The first-order valence-electron chi connectivity index (χ1n) is 8.34. The summed E-state index contributed by atoms with van der Waals surface area (Å²) in [6.07, 6.45) is 0.247. The van der Waals surface area contributed by atoms with E-state index in [2.05, 4.69) is 9.97 Å². The molecule has 0 bridgehead atoms. The van der Waals surface area contributed by atoms with Crippen molar-refractivity contribution >= 4 is 34.6 Å². The Bertz CT molecular complexity index is 1280. The van der Waals surface area contributed by atoms with E-state index in [1.807, 2.05) is 42.5 Å². The number of hydrogen-bond donors (Lipinski definition) is 3. The fourth-order valence-corrected chi connectivity index (χ4v) is 3.64.